The van der Waals surface area contributed by atoms with E-state index in [0.29, 0.717) is 23.3 Å². The Morgan fingerprint density at radius 3 is 2.50 bits per heavy atom. The zero-order valence-corrected chi connectivity index (χ0v) is 21.1. The quantitative estimate of drug-likeness (QED) is 0.301. The minimum absolute atomic E-state index is 0.168. The fourth-order valence-corrected chi connectivity index (χ4v) is 2.29. The number of aliphatic hydroxyl groups excluding tert-OH is 1. The van der Waals surface area contributed by atoms with Crippen LogP contribution in [0.4, 0.5) is 13.6 Å². The van der Waals surface area contributed by atoms with E-state index in [1.165, 1.54) is 17.2 Å². The van der Waals surface area contributed by atoms with E-state index in [2.05, 4.69) is 23.6 Å². The average molecular weight is 480 g/mol. The minimum Gasteiger partial charge on any atom is -0.400 e. The molecule has 6 nitrogen and oxygen atoms in total. The number of aliphatic hydroxyl groups is 1. The third kappa shape index (κ3) is 14.0. The molecule has 2 amide bonds. The van der Waals surface area contributed by atoms with Crippen LogP contribution in [0.25, 0.3) is 0 Å². The van der Waals surface area contributed by atoms with Gasteiger partial charge in [-0.15, -0.1) is 6.58 Å². The number of amides is 2. The Bertz CT molecular complexity index is 841. The normalized spacial score (nSPS) is 12.7. The predicted octanol–water partition coefficient (Wildman–Crippen LogP) is 6.40. The SMILES string of the molecule is C=C(/C=C(F)\C=C/CF)/C(=C/C/C(C)=C/C)CNC(=O)N(C)C(C)c1ccon1.C=CC.CO. The summed E-state index contributed by atoms with van der Waals surface area (Å²) in [5.74, 6) is -0.607. The van der Waals surface area contributed by atoms with Crippen LogP contribution in [0.2, 0.25) is 0 Å². The first-order valence-electron chi connectivity index (χ1n) is 10.7. The molecule has 0 bridgehead atoms. The van der Waals surface area contributed by atoms with Gasteiger partial charge in [-0.1, -0.05) is 41.6 Å². The highest BCUT2D eigenvalue weighted by atomic mass is 19.1. The van der Waals surface area contributed by atoms with E-state index in [9.17, 15) is 13.6 Å². The number of halogens is 2. The summed E-state index contributed by atoms with van der Waals surface area (Å²) in [6.45, 7) is 14.3. The molecule has 190 valence electrons. The molecule has 0 saturated carbocycles. The molecule has 0 spiro atoms. The molecule has 0 fully saturated rings. The molecular formula is C26H39F2N3O3. The molecule has 1 unspecified atom stereocenters. The van der Waals surface area contributed by atoms with Crippen molar-refractivity contribution in [1.29, 1.82) is 0 Å². The van der Waals surface area contributed by atoms with Gasteiger partial charge in [0.05, 0.1) is 6.04 Å². The Kier molecular flexibility index (Phi) is 19.7. The Morgan fingerprint density at radius 2 is 2.00 bits per heavy atom. The van der Waals surface area contributed by atoms with Gasteiger partial charge in [-0.3, -0.25) is 0 Å². The van der Waals surface area contributed by atoms with Gasteiger partial charge >= 0.3 is 6.03 Å². The zero-order chi connectivity index (χ0) is 26.5. The van der Waals surface area contributed by atoms with Crippen molar-refractivity contribution in [2.45, 2.75) is 40.2 Å². The lowest BCUT2D eigenvalue weighted by molar-refractivity contribution is 0.193. The van der Waals surface area contributed by atoms with Crippen molar-refractivity contribution in [2.24, 2.45) is 0 Å². The number of carbonyl (C=O) groups excluding carboxylic acids is 1. The van der Waals surface area contributed by atoms with Crippen molar-refractivity contribution in [1.82, 2.24) is 15.4 Å². The van der Waals surface area contributed by atoms with Gasteiger partial charge in [-0.25, -0.2) is 13.6 Å². The van der Waals surface area contributed by atoms with E-state index < -0.39 is 12.5 Å². The summed E-state index contributed by atoms with van der Waals surface area (Å²) < 4.78 is 30.8. The molecule has 0 radical (unpaired) electrons. The first kappa shape index (κ1) is 32.9. The maximum absolute atomic E-state index is 13.9. The molecule has 1 rings (SSSR count). The summed E-state index contributed by atoms with van der Waals surface area (Å²) in [4.78, 5) is 14.0. The minimum atomic E-state index is -0.747. The van der Waals surface area contributed by atoms with Crippen molar-refractivity contribution >= 4 is 6.03 Å². The van der Waals surface area contributed by atoms with Crippen molar-refractivity contribution in [3.05, 3.63) is 90.2 Å². The number of aromatic nitrogens is 1. The summed E-state index contributed by atoms with van der Waals surface area (Å²) in [6, 6.07) is 1.10. The Hall–Kier alpha value is -3.26. The molecule has 0 aromatic carbocycles. The van der Waals surface area contributed by atoms with E-state index in [4.69, 9.17) is 9.63 Å². The summed E-state index contributed by atoms with van der Waals surface area (Å²) in [7, 11) is 2.65. The van der Waals surface area contributed by atoms with Crippen molar-refractivity contribution in [3.63, 3.8) is 0 Å². The second-order valence-electron chi connectivity index (χ2n) is 6.96. The Balaban J connectivity index is 0. The molecule has 1 atom stereocenters. The van der Waals surface area contributed by atoms with Gasteiger partial charge in [-0.2, -0.15) is 0 Å². The molecule has 2 N–H and O–H groups in total. The molecule has 0 saturated heterocycles. The van der Waals surface area contributed by atoms with Gasteiger partial charge in [0.25, 0.3) is 0 Å². The number of nitrogens with one attached hydrogen (secondary N) is 1. The van der Waals surface area contributed by atoms with Crippen molar-refractivity contribution in [3.8, 4) is 0 Å². The smallest absolute Gasteiger partial charge is 0.317 e. The summed E-state index contributed by atoms with van der Waals surface area (Å²) in [5, 5.41) is 13.7. The molecule has 0 aliphatic carbocycles. The van der Waals surface area contributed by atoms with Crippen molar-refractivity contribution in [2.75, 3.05) is 27.4 Å². The summed E-state index contributed by atoms with van der Waals surface area (Å²) in [5.41, 5.74) is 2.84. The van der Waals surface area contributed by atoms with Gasteiger partial charge in [-0.05, 0) is 57.4 Å². The largest absolute Gasteiger partial charge is 0.400 e. The van der Waals surface area contributed by atoms with Crippen LogP contribution >= 0.6 is 0 Å². The number of nitrogens with zero attached hydrogens (tertiary/aromatic N) is 2. The van der Waals surface area contributed by atoms with Gasteiger partial charge in [0, 0.05) is 26.8 Å². The highest BCUT2D eigenvalue weighted by Gasteiger charge is 2.19. The van der Waals surface area contributed by atoms with E-state index in [1.54, 1.807) is 19.2 Å². The van der Waals surface area contributed by atoms with Crippen LogP contribution in [-0.2, 0) is 0 Å². The molecule has 0 aliphatic heterocycles. The van der Waals surface area contributed by atoms with E-state index in [0.717, 1.165) is 24.8 Å². The zero-order valence-electron chi connectivity index (χ0n) is 21.1. The third-order valence-electron chi connectivity index (χ3n) is 4.47. The maximum atomic E-state index is 13.9. The second kappa shape index (κ2) is 20.4. The van der Waals surface area contributed by atoms with Crippen LogP contribution in [0.1, 0.15) is 45.9 Å². The number of carbonyl (C=O) groups is 1. The average Bonchev–Trinajstić information content (AvgIpc) is 3.38. The third-order valence-corrected chi connectivity index (χ3v) is 4.47. The maximum Gasteiger partial charge on any atom is 0.317 e. The fourth-order valence-electron chi connectivity index (χ4n) is 2.29. The number of alkyl halides is 1. The molecule has 1 aromatic rings. The van der Waals surface area contributed by atoms with Crippen LogP contribution < -0.4 is 5.32 Å². The van der Waals surface area contributed by atoms with Crippen molar-refractivity contribution < 1.29 is 23.2 Å². The van der Waals surface area contributed by atoms with Crippen LogP contribution in [0.15, 0.2) is 89.0 Å². The monoisotopic (exact) mass is 479 g/mol. The predicted molar refractivity (Wildman–Crippen MR) is 136 cm³/mol. The molecule has 1 heterocycles. The first-order valence-corrected chi connectivity index (χ1v) is 10.7. The molecule has 34 heavy (non-hydrogen) atoms. The number of hydrogen-bond acceptors (Lipinski definition) is 4. The fraction of sp³-hybridized carbons (Fsp3) is 0.385. The van der Waals surface area contributed by atoms with E-state index in [1.807, 2.05) is 39.8 Å². The van der Waals surface area contributed by atoms with Crippen LogP contribution in [0, 0.1) is 0 Å². The number of hydrogen-bond donors (Lipinski definition) is 2. The van der Waals surface area contributed by atoms with Crippen LogP contribution in [-0.4, -0.2) is 48.6 Å². The van der Waals surface area contributed by atoms with Crippen LogP contribution in [0.5, 0.6) is 0 Å². The lowest BCUT2D eigenvalue weighted by Crippen LogP contribution is -2.39. The first-order chi connectivity index (χ1) is 16.2. The number of urea groups is 1. The van der Waals surface area contributed by atoms with E-state index in [-0.39, 0.29) is 18.6 Å². The number of rotatable bonds is 10. The van der Waals surface area contributed by atoms with Gasteiger partial charge in [0.2, 0.25) is 0 Å². The molecule has 1 aromatic heterocycles. The topological polar surface area (TPSA) is 78.6 Å². The van der Waals surface area contributed by atoms with Crippen LogP contribution in [0.3, 0.4) is 0 Å². The lowest BCUT2D eigenvalue weighted by atomic mass is 10.0. The Morgan fingerprint density at radius 1 is 1.38 bits per heavy atom. The Labute approximate surface area is 202 Å². The number of allylic oxidation sites excluding steroid dienone is 8. The summed E-state index contributed by atoms with van der Waals surface area (Å²) >= 11 is 0. The van der Waals surface area contributed by atoms with E-state index >= 15 is 0 Å². The standard InChI is InChI=1S/C22H29F2N3O2.C3H6.CH4O/c1-6-16(2)9-10-19(17(3)14-20(24)8-7-12-23)15-25-22(28)27(5)18(4)21-11-13-29-26-21;1-3-2;1-2/h6-8,10-11,13-14,18H,3,9,12,15H2,1-2,4-5H3,(H,25,28);3H,1H2,2H3;2H,1H3/b8-7-,16-6+,19-10+,20-14+;;. The van der Waals surface area contributed by atoms with Gasteiger partial charge in [0.15, 0.2) is 0 Å². The lowest BCUT2D eigenvalue weighted by Gasteiger charge is -2.24. The highest BCUT2D eigenvalue weighted by molar-refractivity contribution is 5.74. The van der Waals surface area contributed by atoms with Gasteiger partial charge < -0.3 is 19.8 Å². The summed E-state index contributed by atoms with van der Waals surface area (Å²) in [6.07, 6.45) is 11.0. The molecule has 0 aliphatic rings. The molecule has 8 heteroatoms. The van der Waals surface area contributed by atoms with Gasteiger partial charge in [0.1, 0.15) is 24.5 Å². The highest BCUT2D eigenvalue weighted by Crippen LogP contribution is 2.18. The molecular weight excluding hydrogens is 440 g/mol. The second-order valence-corrected chi connectivity index (χ2v) is 6.96.